The fourth-order valence-corrected chi connectivity index (χ4v) is 2.87. The van der Waals surface area contributed by atoms with E-state index in [1.807, 2.05) is 12.1 Å². The van der Waals surface area contributed by atoms with Gasteiger partial charge in [-0.1, -0.05) is 12.1 Å². The Balaban J connectivity index is 2.03. The van der Waals surface area contributed by atoms with Crippen LogP contribution in [-0.2, 0) is 5.54 Å². The lowest BCUT2D eigenvalue weighted by atomic mass is 9.84. The Morgan fingerprint density at radius 1 is 1.35 bits per heavy atom. The van der Waals surface area contributed by atoms with E-state index in [0.29, 0.717) is 6.04 Å². The van der Waals surface area contributed by atoms with Crippen LogP contribution in [0.1, 0.15) is 33.0 Å². The van der Waals surface area contributed by atoms with E-state index in [1.165, 1.54) is 13.0 Å². The van der Waals surface area contributed by atoms with Crippen LogP contribution in [-0.4, -0.2) is 27.5 Å². The van der Waals surface area contributed by atoms with Crippen molar-refractivity contribution >= 4 is 11.0 Å². The van der Waals surface area contributed by atoms with Crippen molar-refractivity contribution in [1.29, 1.82) is 0 Å². The summed E-state index contributed by atoms with van der Waals surface area (Å²) in [7, 11) is 0. The van der Waals surface area contributed by atoms with E-state index >= 15 is 0 Å². The first-order valence-electron chi connectivity index (χ1n) is 6.33. The molecule has 2 heterocycles. The van der Waals surface area contributed by atoms with Crippen molar-refractivity contribution in [2.75, 3.05) is 6.54 Å². The monoisotopic (exact) mass is 229 g/mol. The van der Waals surface area contributed by atoms with Gasteiger partial charge in [0.25, 0.3) is 0 Å². The van der Waals surface area contributed by atoms with Crippen LogP contribution in [0, 0.1) is 0 Å². The Hall–Kier alpha value is -1.35. The van der Waals surface area contributed by atoms with Crippen LogP contribution in [0.15, 0.2) is 24.3 Å². The molecule has 0 radical (unpaired) electrons. The highest BCUT2D eigenvalue weighted by Gasteiger charge is 2.45. The second-order valence-electron chi connectivity index (χ2n) is 5.41. The second-order valence-corrected chi connectivity index (χ2v) is 5.41. The number of hydrogen-bond donors (Lipinski definition) is 1. The summed E-state index contributed by atoms with van der Waals surface area (Å²) in [5.74, 6) is 1.11. The first-order valence-corrected chi connectivity index (χ1v) is 6.33. The number of aromatic amines is 1. The fourth-order valence-electron chi connectivity index (χ4n) is 2.87. The zero-order chi connectivity index (χ0) is 12.0. The number of imidazole rings is 1. The molecule has 1 saturated heterocycles. The van der Waals surface area contributed by atoms with Crippen molar-refractivity contribution in [3.8, 4) is 0 Å². The lowest BCUT2D eigenvalue weighted by Gasteiger charge is -2.51. The minimum absolute atomic E-state index is 0.0905. The number of benzene rings is 1. The van der Waals surface area contributed by atoms with Crippen molar-refractivity contribution in [3.05, 3.63) is 30.1 Å². The summed E-state index contributed by atoms with van der Waals surface area (Å²) in [5.41, 5.74) is 2.30. The van der Waals surface area contributed by atoms with Crippen LogP contribution in [0.5, 0.6) is 0 Å². The molecule has 1 atom stereocenters. The van der Waals surface area contributed by atoms with Crippen molar-refractivity contribution < 1.29 is 0 Å². The van der Waals surface area contributed by atoms with E-state index in [-0.39, 0.29) is 5.54 Å². The van der Waals surface area contributed by atoms with E-state index in [1.54, 1.807) is 0 Å². The zero-order valence-electron chi connectivity index (χ0n) is 10.7. The van der Waals surface area contributed by atoms with Crippen molar-refractivity contribution in [1.82, 2.24) is 14.9 Å². The molecule has 3 nitrogen and oxygen atoms in total. The summed E-state index contributed by atoms with van der Waals surface area (Å²) < 4.78 is 0. The van der Waals surface area contributed by atoms with Crippen LogP contribution >= 0.6 is 0 Å². The van der Waals surface area contributed by atoms with E-state index in [2.05, 4.69) is 42.8 Å². The molecule has 0 amide bonds. The molecule has 1 N–H and O–H groups in total. The van der Waals surface area contributed by atoms with Gasteiger partial charge < -0.3 is 4.98 Å². The SMILES string of the molecule is CC(C)N1CCC1(C)c1nc2ccccc2[nH]1. The average molecular weight is 229 g/mol. The van der Waals surface area contributed by atoms with Crippen LogP contribution in [0.3, 0.4) is 0 Å². The number of nitrogens with zero attached hydrogens (tertiary/aromatic N) is 2. The van der Waals surface area contributed by atoms with Gasteiger partial charge >= 0.3 is 0 Å². The van der Waals surface area contributed by atoms with Crippen molar-refractivity contribution in [3.63, 3.8) is 0 Å². The van der Waals surface area contributed by atoms with Crippen LogP contribution < -0.4 is 0 Å². The molecular formula is C14H19N3. The first kappa shape index (κ1) is 10.8. The summed E-state index contributed by atoms with van der Waals surface area (Å²) >= 11 is 0. The topological polar surface area (TPSA) is 31.9 Å². The average Bonchev–Trinajstić information content (AvgIpc) is 2.69. The quantitative estimate of drug-likeness (QED) is 0.858. The van der Waals surface area contributed by atoms with Gasteiger partial charge in [-0.3, -0.25) is 4.90 Å². The van der Waals surface area contributed by atoms with Gasteiger partial charge in [-0.15, -0.1) is 0 Å². The van der Waals surface area contributed by atoms with Gasteiger partial charge in [0.2, 0.25) is 0 Å². The lowest BCUT2D eigenvalue weighted by molar-refractivity contribution is -0.0364. The van der Waals surface area contributed by atoms with E-state index in [0.717, 1.165) is 16.9 Å². The maximum Gasteiger partial charge on any atom is 0.127 e. The molecule has 90 valence electrons. The minimum Gasteiger partial charge on any atom is -0.340 e. The van der Waals surface area contributed by atoms with Crippen LogP contribution in [0.25, 0.3) is 11.0 Å². The second kappa shape index (κ2) is 3.57. The van der Waals surface area contributed by atoms with Crippen LogP contribution in [0.4, 0.5) is 0 Å². The molecule has 1 unspecified atom stereocenters. The predicted molar refractivity (Wildman–Crippen MR) is 69.9 cm³/mol. The Morgan fingerprint density at radius 2 is 2.12 bits per heavy atom. The molecular weight excluding hydrogens is 210 g/mol. The molecule has 0 saturated carbocycles. The van der Waals surface area contributed by atoms with E-state index in [9.17, 15) is 0 Å². The number of aromatic nitrogens is 2. The molecule has 1 aromatic carbocycles. The van der Waals surface area contributed by atoms with Crippen molar-refractivity contribution in [2.24, 2.45) is 0 Å². The summed E-state index contributed by atoms with van der Waals surface area (Å²) in [6.45, 7) is 7.96. The Labute approximate surface area is 102 Å². The summed E-state index contributed by atoms with van der Waals surface area (Å²) in [6.07, 6.45) is 1.19. The third-order valence-electron chi connectivity index (χ3n) is 4.00. The number of H-pyrrole nitrogens is 1. The highest BCUT2D eigenvalue weighted by Crippen LogP contribution is 2.40. The van der Waals surface area contributed by atoms with Gasteiger partial charge in [-0.25, -0.2) is 4.98 Å². The van der Waals surface area contributed by atoms with Gasteiger partial charge in [0.05, 0.1) is 16.6 Å². The molecule has 2 aromatic rings. The van der Waals surface area contributed by atoms with Gasteiger partial charge in [0.15, 0.2) is 0 Å². The number of likely N-dealkylation sites (tertiary alicyclic amines) is 1. The highest BCUT2D eigenvalue weighted by molar-refractivity contribution is 5.75. The molecule has 0 spiro atoms. The van der Waals surface area contributed by atoms with Gasteiger partial charge in [0, 0.05) is 12.6 Å². The van der Waals surface area contributed by atoms with Gasteiger partial charge in [-0.2, -0.15) is 0 Å². The predicted octanol–water partition coefficient (Wildman–Crippen LogP) is 2.89. The number of rotatable bonds is 2. The molecule has 17 heavy (non-hydrogen) atoms. The number of nitrogens with one attached hydrogen (secondary N) is 1. The fraction of sp³-hybridized carbons (Fsp3) is 0.500. The standard InChI is InChI=1S/C14H19N3/c1-10(2)17-9-8-14(17,3)13-15-11-6-4-5-7-12(11)16-13/h4-7,10H,8-9H2,1-3H3,(H,15,16). The van der Waals surface area contributed by atoms with E-state index < -0.39 is 0 Å². The van der Waals surface area contributed by atoms with E-state index in [4.69, 9.17) is 4.98 Å². The smallest absolute Gasteiger partial charge is 0.127 e. The van der Waals surface area contributed by atoms with Crippen molar-refractivity contribution in [2.45, 2.75) is 38.8 Å². The Bertz CT molecular complexity index is 510. The Morgan fingerprint density at radius 3 is 2.71 bits per heavy atom. The molecule has 1 fully saturated rings. The summed E-state index contributed by atoms with van der Waals surface area (Å²) in [6, 6.07) is 8.82. The maximum absolute atomic E-state index is 4.74. The molecule has 3 heteroatoms. The molecule has 1 aliphatic heterocycles. The zero-order valence-corrected chi connectivity index (χ0v) is 10.7. The Kier molecular flexibility index (Phi) is 2.26. The summed E-state index contributed by atoms with van der Waals surface area (Å²) in [5, 5.41) is 0. The third-order valence-corrected chi connectivity index (χ3v) is 4.00. The largest absolute Gasteiger partial charge is 0.340 e. The van der Waals surface area contributed by atoms with Crippen LogP contribution in [0.2, 0.25) is 0 Å². The lowest BCUT2D eigenvalue weighted by Crippen LogP contribution is -2.58. The number of hydrogen-bond acceptors (Lipinski definition) is 2. The van der Waals surface area contributed by atoms with Gasteiger partial charge in [-0.05, 0) is 39.3 Å². The number of para-hydroxylation sites is 2. The highest BCUT2D eigenvalue weighted by atomic mass is 15.3. The molecule has 3 rings (SSSR count). The number of fused-ring (bicyclic) bond motifs is 1. The molecule has 0 aliphatic carbocycles. The molecule has 1 aliphatic rings. The molecule has 1 aromatic heterocycles. The first-order chi connectivity index (χ1) is 8.11. The summed E-state index contributed by atoms with van der Waals surface area (Å²) in [4.78, 5) is 10.7. The normalized spacial score (nSPS) is 25.4. The maximum atomic E-state index is 4.74. The third kappa shape index (κ3) is 1.49. The molecule has 0 bridgehead atoms. The minimum atomic E-state index is 0.0905. The van der Waals surface area contributed by atoms with Gasteiger partial charge in [0.1, 0.15) is 5.82 Å².